The molecule has 0 radical (unpaired) electrons. The van der Waals surface area contributed by atoms with Gasteiger partial charge >= 0.3 is 0 Å². The van der Waals surface area contributed by atoms with Crippen molar-refractivity contribution >= 4 is 0 Å². The molecule has 2 nitrogen and oxygen atoms in total. The predicted octanol–water partition coefficient (Wildman–Crippen LogP) is 2.98. The summed E-state index contributed by atoms with van der Waals surface area (Å²) < 4.78 is 0. The van der Waals surface area contributed by atoms with Crippen molar-refractivity contribution in [3.05, 3.63) is 12.2 Å². The molecule has 3 rings (SSSR count). The number of hydrogen-bond acceptors (Lipinski definition) is 2. The summed E-state index contributed by atoms with van der Waals surface area (Å²) in [6, 6.07) is 0.640. The van der Waals surface area contributed by atoms with Crippen molar-refractivity contribution < 1.29 is 5.11 Å². The molecular weight excluding hydrogens is 234 g/mol. The van der Waals surface area contributed by atoms with Gasteiger partial charge in [0.1, 0.15) is 0 Å². The maximum Gasteiger partial charge on any atom is 0.0462 e. The zero-order valence-electron chi connectivity index (χ0n) is 12.2. The van der Waals surface area contributed by atoms with E-state index < -0.39 is 0 Å². The predicted molar refractivity (Wildman–Crippen MR) is 78.8 cm³/mol. The Bertz CT molecular complexity index is 327. The summed E-state index contributed by atoms with van der Waals surface area (Å²) in [6.07, 6.45) is 12.9. The Morgan fingerprint density at radius 2 is 1.95 bits per heavy atom. The van der Waals surface area contributed by atoms with Crippen molar-refractivity contribution in [2.24, 2.45) is 29.6 Å². The van der Waals surface area contributed by atoms with Crippen LogP contribution in [-0.4, -0.2) is 24.3 Å². The van der Waals surface area contributed by atoms with Gasteiger partial charge in [-0.25, -0.2) is 0 Å². The minimum Gasteiger partial charge on any atom is -0.396 e. The number of hydrogen-bond donors (Lipinski definition) is 2. The average molecular weight is 263 g/mol. The van der Waals surface area contributed by atoms with Crippen LogP contribution in [-0.2, 0) is 0 Å². The van der Waals surface area contributed by atoms with E-state index in [1.165, 1.54) is 38.5 Å². The Hall–Kier alpha value is -0.340. The zero-order valence-corrected chi connectivity index (χ0v) is 12.2. The first-order valence-corrected chi connectivity index (χ1v) is 8.30. The second kappa shape index (κ2) is 5.97. The third kappa shape index (κ3) is 2.90. The van der Waals surface area contributed by atoms with Crippen LogP contribution in [0.4, 0.5) is 0 Å². The molecule has 6 unspecified atom stereocenters. The lowest BCUT2D eigenvalue weighted by Crippen LogP contribution is -2.41. The molecule has 3 aliphatic carbocycles. The summed E-state index contributed by atoms with van der Waals surface area (Å²) in [7, 11) is 0. The SMILES string of the molecule is CC(NCC1CCCCC1CO)C1CC2C=CC1C2. The quantitative estimate of drug-likeness (QED) is 0.747. The Morgan fingerprint density at radius 1 is 1.16 bits per heavy atom. The zero-order chi connectivity index (χ0) is 13.2. The van der Waals surface area contributed by atoms with Crippen LogP contribution in [0.25, 0.3) is 0 Å². The van der Waals surface area contributed by atoms with E-state index in [4.69, 9.17) is 0 Å². The molecular formula is C17H29NO. The third-order valence-corrected chi connectivity index (χ3v) is 5.98. The maximum absolute atomic E-state index is 9.49. The van der Waals surface area contributed by atoms with Gasteiger partial charge in [-0.15, -0.1) is 0 Å². The first kappa shape index (κ1) is 13.6. The number of allylic oxidation sites excluding steroid dienone is 2. The molecule has 0 heterocycles. The van der Waals surface area contributed by atoms with Crippen molar-refractivity contribution in [1.29, 1.82) is 0 Å². The van der Waals surface area contributed by atoms with Crippen molar-refractivity contribution in [3.8, 4) is 0 Å². The van der Waals surface area contributed by atoms with E-state index in [2.05, 4.69) is 24.4 Å². The van der Waals surface area contributed by atoms with Crippen molar-refractivity contribution in [2.75, 3.05) is 13.2 Å². The number of nitrogens with one attached hydrogen (secondary N) is 1. The lowest BCUT2D eigenvalue weighted by Gasteiger charge is -2.33. The van der Waals surface area contributed by atoms with E-state index in [1.807, 2.05) is 0 Å². The molecule has 0 saturated heterocycles. The largest absolute Gasteiger partial charge is 0.396 e. The van der Waals surface area contributed by atoms with Crippen LogP contribution in [0.3, 0.4) is 0 Å². The van der Waals surface area contributed by atoms with Crippen LogP contribution in [0.5, 0.6) is 0 Å². The van der Waals surface area contributed by atoms with Gasteiger partial charge in [0.15, 0.2) is 0 Å². The van der Waals surface area contributed by atoms with Crippen molar-refractivity contribution in [3.63, 3.8) is 0 Å². The normalized spacial score (nSPS) is 42.7. The topological polar surface area (TPSA) is 32.3 Å². The smallest absolute Gasteiger partial charge is 0.0462 e. The van der Waals surface area contributed by atoms with E-state index in [1.54, 1.807) is 0 Å². The van der Waals surface area contributed by atoms with Crippen molar-refractivity contribution in [1.82, 2.24) is 5.32 Å². The Morgan fingerprint density at radius 3 is 2.58 bits per heavy atom. The summed E-state index contributed by atoms with van der Waals surface area (Å²) in [4.78, 5) is 0. The van der Waals surface area contributed by atoms with Gasteiger partial charge in [-0.3, -0.25) is 0 Å². The molecule has 19 heavy (non-hydrogen) atoms. The highest BCUT2D eigenvalue weighted by Gasteiger charge is 2.38. The molecule has 108 valence electrons. The molecule has 2 saturated carbocycles. The van der Waals surface area contributed by atoms with E-state index >= 15 is 0 Å². The van der Waals surface area contributed by atoms with E-state index in [0.717, 1.165) is 24.3 Å². The van der Waals surface area contributed by atoms with Gasteiger partial charge in [-0.05, 0) is 68.7 Å². The van der Waals surface area contributed by atoms with Crippen molar-refractivity contribution in [2.45, 2.75) is 51.5 Å². The molecule has 0 amide bonds. The van der Waals surface area contributed by atoms with Crippen LogP contribution < -0.4 is 5.32 Å². The average Bonchev–Trinajstić information content (AvgIpc) is 3.07. The molecule has 2 fully saturated rings. The first-order valence-electron chi connectivity index (χ1n) is 8.30. The minimum absolute atomic E-state index is 0.387. The highest BCUT2D eigenvalue weighted by atomic mass is 16.3. The van der Waals surface area contributed by atoms with Gasteiger partial charge in [0.2, 0.25) is 0 Å². The standard InChI is InChI=1S/C17H29NO/c1-12(17-9-13-6-7-14(17)8-13)18-10-15-4-2-3-5-16(15)11-19/h6-7,12-19H,2-5,8-11H2,1H3. The van der Waals surface area contributed by atoms with E-state index in [9.17, 15) is 5.11 Å². The van der Waals surface area contributed by atoms with Crippen LogP contribution in [0.15, 0.2) is 12.2 Å². The first-order chi connectivity index (χ1) is 9.28. The van der Waals surface area contributed by atoms with Gasteiger partial charge in [-0.2, -0.15) is 0 Å². The minimum atomic E-state index is 0.387. The van der Waals surface area contributed by atoms with Gasteiger partial charge in [-0.1, -0.05) is 25.0 Å². The molecule has 2 N–H and O–H groups in total. The molecule has 0 aromatic carbocycles. The summed E-state index contributed by atoms with van der Waals surface area (Å²) >= 11 is 0. The summed E-state index contributed by atoms with van der Waals surface area (Å²) in [6.45, 7) is 3.87. The van der Waals surface area contributed by atoms with Gasteiger partial charge in [0.05, 0.1) is 0 Å². The highest BCUT2D eigenvalue weighted by molar-refractivity contribution is 5.11. The maximum atomic E-state index is 9.49. The van der Waals surface area contributed by atoms with E-state index in [-0.39, 0.29) is 0 Å². The lowest BCUT2D eigenvalue weighted by atomic mass is 9.79. The second-order valence-corrected chi connectivity index (χ2v) is 7.13. The molecule has 0 aromatic rings. The van der Waals surface area contributed by atoms with Crippen LogP contribution >= 0.6 is 0 Å². The summed E-state index contributed by atoms with van der Waals surface area (Å²) in [5, 5.41) is 13.3. The summed E-state index contributed by atoms with van der Waals surface area (Å²) in [5.41, 5.74) is 0. The van der Waals surface area contributed by atoms with Gasteiger partial charge in [0.25, 0.3) is 0 Å². The molecule has 2 bridgehead atoms. The van der Waals surface area contributed by atoms with Crippen LogP contribution in [0.1, 0.15) is 45.4 Å². The second-order valence-electron chi connectivity index (χ2n) is 7.13. The van der Waals surface area contributed by atoms with Crippen LogP contribution in [0, 0.1) is 29.6 Å². The number of fused-ring (bicyclic) bond motifs is 2. The molecule has 2 heteroatoms. The Balaban J connectivity index is 1.47. The number of rotatable bonds is 5. The molecule has 3 aliphatic rings. The fraction of sp³-hybridized carbons (Fsp3) is 0.882. The Kier molecular flexibility index (Phi) is 4.28. The van der Waals surface area contributed by atoms with Gasteiger partial charge < -0.3 is 10.4 Å². The monoisotopic (exact) mass is 263 g/mol. The number of aliphatic hydroxyl groups is 1. The van der Waals surface area contributed by atoms with Crippen LogP contribution in [0.2, 0.25) is 0 Å². The molecule has 6 atom stereocenters. The van der Waals surface area contributed by atoms with E-state index in [0.29, 0.717) is 24.5 Å². The molecule has 0 spiro atoms. The summed E-state index contributed by atoms with van der Waals surface area (Å²) in [5.74, 6) is 3.82. The third-order valence-electron chi connectivity index (χ3n) is 5.98. The fourth-order valence-corrected chi connectivity index (χ4v) is 4.68. The highest BCUT2D eigenvalue weighted by Crippen LogP contribution is 2.44. The fourth-order valence-electron chi connectivity index (χ4n) is 4.68. The Labute approximate surface area is 117 Å². The molecule has 0 aliphatic heterocycles. The molecule has 0 aromatic heterocycles. The lowest BCUT2D eigenvalue weighted by molar-refractivity contribution is 0.128. The number of aliphatic hydroxyl groups excluding tert-OH is 1. The van der Waals surface area contributed by atoms with Gasteiger partial charge in [0, 0.05) is 12.6 Å².